The molecule has 0 spiro atoms. The van der Waals surface area contributed by atoms with Gasteiger partial charge in [-0.2, -0.15) is 0 Å². The Morgan fingerprint density at radius 2 is 1.88 bits per heavy atom. The molecule has 0 aromatic heterocycles. The first-order chi connectivity index (χ1) is 15.2. The number of esters is 1. The minimum atomic E-state index is -0.262. The van der Waals surface area contributed by atoms with Crippen LogP contribution in [0.2, 0.25) is 0 Å². The summed E-state index contributed by atoms with van der Waals surface area (Å²) in [6.45, 7) is 12.5. The molecule has 4 rings (SSSR count). The quantitative estimate of drug-likeness (QED) is 0.216. The summed E-state index contributed by atoms with van der Waals surface area (Å²) in [7, 11) is 0. The van der Waals surface area contributed by atoms with Crippen LogP contribution in [-0.2, 0) is 9.53 Å². The van der Waals surface area contributed by atoms with E-state index in [1.807, 2.05) is 0 Å². The van der Waals surface area contributed by atoms with E-state index < -0.39 is 0 Å². The molecule has 0 aromatic rings. The molecule has 0 radical (unpaired) electrons. The molecule has 0 unspecified atom stereocenters. The van der Waals surface area contributed by atoms with E-state index in [0.29, 0.717) is 10.8 Å². The van der Waals surface area contributed by atoms with Gasteiger partial charge in [-0.05, 0) is 91.3 Å². The van der Waals surface area contributed by atoms with Gasteiger partial charge in [0.1, 0.15) is 12.0 Å². The average molecular weight is 463 g/mol. The summed E-state index contributed by atoms with van der Waals surface area (Å²) in [5, 5.41) is 0. The topological polar surface area (TPSA) is 26.3 Å². The van der Waals surface area contributed by atoms with Crippen LogP contribution < -0.4 is 0 Å². The molecule has 32 heavy (non-hydrogen) atoms. The molecule has 4 aliphatic carbocycles. The number of ether oxygens (including phenoxy) is 1. The van der Waals surface area contributed by atoms with Gasteiger partial charge in [-0.25, -0.2) is 0 Å². The van der Waals surface area contributed by atoms with Crippen LogP contribution in [0, 0.1) is 46.3 Å². The van der Waals surface area contributed by atoms with Crippen LogP contribution in [0.5, 0.6) is 0 Å². The van der Waals surface area contributed by atoms with Crippen LogP contribution in [0.15, 0.2) is 11.6 Å². The highest BCUT2D eigenvalue weighted by Gasteiger charge is 2.59. The molecule has 3 saturated carbocycles. The van der Waals surface area contributed by atoms with Gasteiger partial charge in [0.25, 0.3) is 0 Å². The molecule has 8 atom stereocenters. The Morgan fingerprint density at radius 3 is 2.59 bits per heavy atom. The Kier molecular flexibility index (Phi) is 7.41. The molecule has 0 heterocycles. The summed E-state index contributed by atoms with van der Waals surface area (Å²) in [5.41, 5.74) is 2.44. The molecule has 0 N–H and O–H groups in total. The van der Waals surface area contributed by atoms with Crippen molar-refractivity contribution in [2.24, 2.45) is 46.3 Å². The van der Waals surface area contributed by atoms with E-state index in [2.05, 4.69) is 40.7 Å². The summed E-state index contributed by atoms with van der Waals surface area (Å²) < 4.78 is 5.63. The highest BCUT2D eigenvalue weighted by molar-refractivity contribution is 6.26. The fourth-order valence-corrected chi connectivity index (χ4v) is 9.03. The summed E-state index contributed by atoms with van der Waals surface area (Å²) >= 11 is 5.68. The van der Waals surface area contributed by atoms with E-state index in [9.17, 15) is 4.79 Å². The number of carbonyl (C=O) groups is 1. The third kappa shape index (κ3) is 4.44. The van der Waals surface area contributed by atoms with Crippen molar-refractivity contribution >= 4 is 17.6 Å². The average Bonchev–Trinajstić information content (AvgIpc) is 3.11. The highest BCUT2D eigenvalue weighted by atomic mass is 35.5. The number of rotatable bonds is 7. The smallest absolute Gasteiger partial charge is 0.321 e. The van der Waals surface area contributed by atoms with Gasteiger partial charge < -0.3 is 4.74 Å². The van der Waals surface area contributed by atoms with Crippen LogP contribution >= 0.6 is 11.6 Å². The molecule has 0 aliphatic heterocycles. The summed E-state index contributed by atoms with van der Waals surface area (Å²) in [6, 6.07) is 0. The van der Waals surface area contributed by atoms with Crippen molar-refractivity contribution in [2.45, 2.75) is 111 Å². The van der Waals surface area contributed by atoms with Crippen molar-refractivity contribution in [3.05, 3.63) is 11.6 Å². The third-order valence-electron chi connectivity index (χ3n) is 10.7. The number of alkyl halides is 1. The van der Waals surface area contributed by atoms with Gasteiger partial charge >= 0.3 is 5.97 Å². The number of halogens is 1. The molecule has 0 amide bonds. The van der Waals surface area contributed by atoms with Crippen molar-refractivity contribution in [3.8, 4) is 0 Å². The molecular formula is C29H47ClO2. The number of hydrogen-bond acceptors (Lipinski definition) is 2. The SMILES string of the molecule is CC(C)CCC[C@@H](C)[C@@H]1CC[C@@H]2[C@H]3CC=C4C[C@@H](OC(=O)CCl)CC[C@]4(C)[C@@H]3CC[C@@]21C. The van der Waals surface area contributed by atoms with Gasteiger partial charge in [-0.1, -0.05) is 65.5 Å². The second kappa shape index (κ2) is 9.63. The van der Waals surface area contributed by atoms with E-state index in [1.54, 1.807) is 5.57 Å². The maximum atomic E-state index is 11.7. The predicted octanol–water partition coefficient (Wildman–Crippen LogP) is 8.18. The monoisotopic (exact) mass is 462 g/mol. The molecular weight excluding hydrogens is 416 g/mol. The normalized spacial score (nSPS) is 42.0. The van der Waals surface area contributed by atoms with Gasteiger partial charge in [0.05, 0.1) is 0 Å². The van der Waals surface area contributed by atoms with Crippen molar-refractivity contribution in [3.63, 3.8) is 0 Å². The summed E-state index contributed by atoms with van der Waals surface area (Å²) in [5.74, 6) is 4.92. The van der Waals surface area contributed by atoms with E-state index in [1.165, 1.54) is 57.8 Å². The Balaban J connectivity index is 1.45. The van der Waals surface area contributed by atoms with Crippen molar-refractivity contribution in [1.29, 1.82) is 0 Å². The van der Waals surface area contributed by atoms with Gasteiger partial charge in [0, 0.05) is 6.42 Å². The fourth-order valence-electron chi connectivity index (χ4n) is 8.97. The number of carbonyl (C=O) groups excluding carboxylic acids is 1. The Hall–Kier alpha value is -0.500. The predicted molar refractivity (Wildman–Crippen MR) is 134 cm³/mol. The van der Waals surface area contributed by atoms with Crippen LogP contribution in [0.4, 0.5) is 0 Å². The lowest BCUT2D eigenvalue weighted by Gasteiger charge is -2.58. The lowest BCUT2D eigenvalue weighted by Crippen LogP contribution is -2.51. The Bertz CT molecular complexity index is 714. The lowest BCUT2D eigenvalue weighted by molar-refractivity contribution is -0.148. The standard InChI is InChI=1S/C29H47ClO2/c1-19(2)7-6-8-20(3)24-11-12-25-23-10-9-21-17-22(32-27(31)18-30)13-15-28(21,4)26(23)14-16-29(24,25)5/h9,19-20,22-26H,6-8,10-18H2,1-5H3/t20-,22+,23-,24+,25-,26-,28+,29-/m1/s1. The maximum Gasteiger partial charge on any atom is 0.321 e. The molecule has 0 saturated heterocycles. The second-order valence-electron chi connectivity index (χ2n) is 12.8. The van der Waals surface area contributed by atoms with E-state index in [-0.39, 0.29) is 18.0 Å². The largest absolute Gasteiger partial charge is 0.461 e. The molecule has 4 aliphatic rings. The fraction of sp³-hybridized carbons (Fsp3) is 0.897. The van der Waals surface area contributed by atoms with Crippen LogP contribution in [0.3, 0.4) is 0 Å². The highest BCUT2D eigenvalue weighted by Crippen LogP contribution is 2.67. The number of allylic oxidation sites excluding steroid dienone is 1. The van der Waals surface area contributed by atoms with Crippen LogP contribution in [0.1, 0.15) is 105 Å². The van der Waals surface area contributed by atoms with Crippen LogP contribution in [0.25, 0.3) is 0 Å². The lowest BCUT2D eigenvalue weighted by atomic mass is 9.47. The zero-order valence-electron chi connectivity index (χ0n) is 21.3. The minimum absolute atomic E-state index is 0.0329. The molecule has 2 nitrogen and oxygen atoms in total. The van der Waals surface area contributed by atoms with Crippen molar-refractivity contribution in [1.82, 2.24) is 0 Å². The van der Waals surface area contributed by atoms with Crippen LogP contribution in [-0.4, -0.2) is 18.0 Å². The minimum Gasteiger partial charge on any atom is -0.461 e. The van der Waals surface area contributed by atoms with Gasteiger partial charge in [-0.3, -0.25) is 4.79 Å². The van der Waals surface area contributed by atoms with E-state index in [4.69, 9.17) is 16.3 Å². The first-order valence-corrected chi connectivity index (χ1v) is 14.2. The van der Waals surface area contributed by atoms with Crippen molar-refractivity contribution in [2.75, 3.05) is 5.88 Å². The Morgan fingerprint density at radius 1 is 1.09 bits per heavy atom. The number of hydrogen-bond donors (Lipinski definition) is 0. The second-order valence-corrected chi connectivity index (χ2v) is 13.0. The van der Waals surface area contributed by atoms with Gasteiger partial charge in [0.15, 0.2) is 0 Å². The maximum absolute atomic E-state index is 11.7. The zero-order valence-corrected chi connectivity index (χ0v) is 22.1. The van der Waals surface area contributed by atoms with E-state index in [0.717, 1.165) is 48.3 Å². The van der Waals surface area contributed by atoms with Crippen molar-refractivity contribution < 1.29 is 9.53 Å². The molecule has 3 heteroatoms. The molecule has 0 aromatic carbocycles. The summed E-state index contributed by atoms with van der Waals surface area (Å²) in [6.07, 6.45) is 16.9. The van der Waals surface area contributed by atoms with E-state index >= 15 is 0 Å². The zero-order chi connectivity index (χ0) is 23.1. The first kappa shape index (κ1) is 24.6. The molecule has 3 fully saturated rings. The molecule has 0 bridgehead atoms. The first-order valence-electron chi connectivity index (χ1n) is 13.6. The van der Waals surface area contributed by atoms with Gasteiger partial charge in [0.2, 0.25) is 0 Å². The third-order valence-corrected chi connectivity index (χ3v) is 10.9. The van der Waals surface area contributed by atoms with Gasteiger partial charge in [-0.15, -0.1) is 11.6 Å². The Labute approximate surface area is 202 Å². The number of fused-ring (bicyclic) bond motifs is 5. The molecule has 182 valence electrons. The summed E-state index contributed by atoms with van der Waals surface area (Å²) in [4.78, 5) is 11.7.